The number of benzene rings is 1. The quantitative estimate of drug-likeness (QED) is 0.366. The van der Waals surface area contributed by atoms with Gasteiger partial charge in [0.2, 0.25) is 5.91 Å². The number of amides is 1. The SMILES string of the molecule is Cc1nn(-c2ccc3nnc(C)n3n2)c(C)c1CCC(=O)N1CCN(Cc2cccc(C3=NCN=N3)c2)CC1. The van der Waals surface area contributed by atoms with E-state index in [0.717, 1.165) is 61.1 Å². The molecule has 0 saturated carbocycles. The van der Waals surface area contributed by atoms with Crippen molar-refractivity contribution in [2.24, 2.45) is 15.2 Å². The van der Waals surface area contributed by atoms with Crippen molar-refractivity contribution in [2.75, 3.05) is 32.8 Å². The molecule has 0 unspecified atom stereocenters. The average molecular weight is 526 g/mol. The maximum atomic E-state index is 13.1. The number of aliphatic imine (C=N–C) groups is 1. The van der Waals surface area contributed by atoms with Crippen LogP contribution in [0.25, 0.3) is 11.5 Å². The number of azo groups is 1. The summed E-state index contributed by atoms with van der Waals surface area (Å²) >= 11 is 0. The van der Waals surface area contributed by atoms with Gasteiger partial charge in [0.15, 0.2) is 29.8 Å². The van der Waals surface area contributed by atoms with Crippen LogP contribution in [0.1, 0.15) is 40.3 Å². The molecule has 0 atom stereocenters. The van der Waals surface area contributed by atoms with E-state index in [9.17, 15) is 4.79 Å². The molecule has 0 bridgehead atoms. The Bertz CT molecular complexity index is 1590. The summed E-state index contributed by atoms with van der Waals surface area (Å²) < 4.78 is 3.55. The van der Waals surface area contributed by atoms with Gasteiger partial charge in [-0.15, -0.1) is 20.4 Å². The fraction of sp³-hybridized carbons (Fsp3) is 0.407. The van der Waals surface area contributed by atoms with Gasteiger partial charge in [0.05, 0.1) is 5.69 Å². The van der Waals surface area contributed by atoms with Crippen molar-refractivity contribution in [3.63, 3.8) is 0 Å². The third-order valence-corrected chi connectivity index (χ3v) is 7.42. The predicted octanol–water partition coefficient (Wildman–Crippen LogP) is 2.68. The van der Waals surface area contributed by atoms with Crippen LogP contribution in [0, 0.1) is 20.8 Å². The first-order valence-corrected chi connectivity index (χ1v) is 13.2. The van der Waals surface area contributed by atoms with E-state index in [2.05, 4.69) is 47.5 Å². The second-order valence-corrected chi connectivity index (χ2v) is 9.99. The molecule has 39 heavy (non-hydrogen) atoms. The zero-order chi connectivity index (χ0) is 26.9. The first-order valence-electron chi connectivity index (χ1n) is 13.2. The fourth-order valence-corrected chi connectivity index (χ4v) is 5.25. The minimum absolute atomic E-state index is 0.187. The Labute approximate surface area is 226 Å². The van der Waals surface area contributed by atoms with Gasteiger partial charge in [-0.1, -0.05) is 18.2 Å². The molecule has 0 spiro atoms. The smallest absolute Gasteiger partial charge is 0.222 e. The van der Waals surface area contributed by atoms with E-state index in [1.165, 1.54) is 5.56 Å². The number of nitrogens with zero attached hydrogens (tertiary/aromatic N) is 11. The lowest BCUT2D eigenvalue weighted by molar-refractivity contribution is -0.133. The van der Waals surface area contributed by atoms with Gasteiger partial charge in [-0.05, 0) is 56.5 Å². The maximum Gasteiger partial charge on any atom is 0.222 e. The summed E-state index contributed by atoms with van der Waals surface area (Å²) in [6.07, 6.45) is 1.11. The van der Waals surface area contributed by atoms with Crippen LogP contribution in [0.15, 0.2) is 51.6 Å². The highest BCUT2D eigenvalue weighted by molar-refractivity contribution is 5.99. The van der Waals surface area contributed by atoms with E-state index in [1.54, 1.807) is 4.52 Å². The van der Waals surface area contributed by atoms with Gasteiger partial charge in [0.25, 0.3) is 0 Å². The highest BCUT2D eigenvalue weighted by Gasteiger charge is 2.23. The van der Waals surface area contributed by atoms with Crippen molar-refractivity contribution in [1.29, 1.82) is 0 Å². The molecule has 1 saturated heterocycles. The number of piperazine rings is 1. The number of rotatable bonds is 7. The van der Waals surface area contributed by atoms with Crippen molar-refractivity contribution in [2.45, 2.75) is 40.2 Å². The van der Waals surface area contributed by atoms with Gasteiger partial charge < -0.3 is 4.90 Å². The van der Waals surface area contributed by atoms with Crippen molar-refractivity contribution >= 4 is 17.4 Å². The van der Waals surface area contributed by atoms with E-state index >= 15 is 0 Å². The zero-order valence-electron chi connectivity index (χ0n) is 22.4. The minimum Gasteiger partial charge on any atom is -0.340 e. The predicted molar refractivity (Wildman–Crippen MR) is 145 cm³/mol. The molecule has 1 fully saturated rings. The molecular weight excluding hydrogens is 494 g/mol. The van der Waals surface area contributed by atoms with Gasteiger partial charge in [-0.2, -0.15) is 14.7 Å². The fourth-order valence-electron chi connectivity index (χ4n) is 5.25. The lowest BCUT2D eigenvalue weighted by Gasteiger charge is -2.35. The van der Waals surface area contributed by atoms with Crippen molar-refractivity contribution in [3.8, 4) is 5.82 Å². The molecule has 200 valence electrons. The van der Waals surface area contributed by atoms with Gasteiger partial charge in [0, 0.05) is 50.4 Å². The molecule has 1 amide bonds. The molecule has 0 aliphatic carbocycles. The van der Waals surface area contributed by atoms with Gasteiger partial charge >= 0.3 is 0 Å². The largest absolute Gasteiger partial charge is 0.340 e. The summed E-state index contributed by atoms with van der Waals surface area (Å²) in [6, 6.07) is 12.1. The van der Waals surface area contributed by atoms with Crippen LogP contribution >= 0.6 is 0 Å². The third-order valence-electron chi connectivity index (χ3n) is 7.42. The summed E-state index contributed by atoms with van der Waals surface area (Å²) in [5.74, 6) is 2.31. The standard InChI is InChI=1S/C27H31N11O/c1-18-23(19(2)37(33-18)25-9-8-24-31-30-20(3)38(24)34-25)7-10-26(39)36-13-11-35(12-14-36)16-21-5-4-6-22(15-21)27-28-17-29-32-27/h4-6,8-9,15H,7,10-14,16-17H2,1-3H3. The van der Waals surface area contributed by atoms with Crippen LogP contribution in [0.4, 0.5) is 0 Å². The number of carbonyl (C=O) groups is 1. The highest BCUT2D eigenvalue weighted by atomic mass is 16.2. The number of aryl methyl sites for hydroxylation is 2. The Morgan fingerprint density at radius 2 is 1.82 bits per heavy atom. The Morgan fingerprint density at radius 1 is 0.974 bits per heavy atom. The van der Waals surface area contributed by atoms with Crippen molar-refractivity contribution < 1.29 is 4.79 Å². The molecule has 2 aliphatic rings. The van der Waals surface area contributed by atoms with Crippen LogP contribution in [-0.4, -0.2) is 84.0 Å². The molecule has 3 aromatic heterocycles. The summed E-state index contributed by atoms with van der Waals surface area (Å²) in [5, 5.41) is 25.6. The molecule has 4 aromatic rings. The van der Waals surface area contributed by atoms with E-state index in [0.29, 0.717) is 36.8 Å². The van der Waals surface area contributed by atoms with Crippen molar-refractivity contribution in [1.82, 2.24) is 39.4 Å². The molecule has 2 aliphatic heterocycles. The van der Waals surface area contributed by atoms with Crippen LogP contribution in [0.5, 0.6) is 0 Å². The van der Waals surface area contributed by atoms with Gasteiger partial charge in [-0.25, -0.2) is 9.67 Å². The van der Waals surface area contributed by atoms with E-state index in [1.807, 2.05) is 54.6 Å². The Hall–Kier alpha value is -4.32. The Balaban J connectivity index is 1.04. The van der Waals surface area contributed by atoms with Gasteiger partial charge in [0.1, 0.15) is 0 Å². The lowest BCUT2D eigenvalue weighted by Crippen LogP contribution is -2.48. The molecule has 1 aromatic carbocycles. The number of fused-ring (bicyclic) bond motifs is 1. The summed E-state index contributed by atoms with van der Waals surface area (Å²) in [4.78, 5) is 21.8. The first kappa shape index (κ1) is 25.0. The molecular formula is C27H31N11O. The minimum atomic E-state index is 0.187. The molecule has 12 heteroatoms. The topological polar surface area (TPSA) is 122 Å². The summed E-state index contributed by atoms with van der Waals surface area (Å²) in [7, 11) is 0. The number of aromatic nitrogens is 6. The van der Waals surface area contributed by atoms with Crippen molar-refractivity contribution in [3.05, 3.63) is 70.3 Å². The molecule has 5 heterocycles. The first-order chi connectivity index (χ1) is 19.0. The highest BCUT2D eigenvalue weighted by Crippen LogP contribution is 2.20. The number of hydrogen-bond donors (Lipinski definition) is 0. The molecule has 6 rings (SSSR count). The maximum absolute atomic E-state index is 13.1. The summed E-state index contributed by atoms with van der Waals surface area (Å²) in [5.41, 5.74) is 5.92. The number of hydrogen-bond acceptors (Lipinski definition) is 9. The number of carbonyl (C=O) groups excluding carboxylic acids is 1. The number of amidine groups is 1. The average Bonchev–Trinajstić information content (AvgIpc) is 3.68. The van der Waals surface area contributed by atoms with E-state index < -0.39 is 0 Å². The molecule has 12 nitrogen and oxygen atoms in total. The second-order valence-electron chi connectivity index (χ2n) is 9.99. The van der Waals surface area contributed by atoms with E-state index in [4.69, 9.17) is 5.10 Å². The van der Waals surface area contributed by atoms with Crippen LogP contribution < -0.4 is 0 Å². The lowest BCUT2D eigenvalue weighted by atomic mass is 10.1. The Kier molecular flexibility index (Phi) is 6.69. The van der Waals surface area contributed by atoms with Gasteiger partial charge in [-0.3, -0.25) is 9.69 Å². The van der Waals surface area contributed by atoms with Crippen LogP contribution in [0.3, 0.4) is 0 Å². The third kappa shape index (κ3) is 5.07. The summed E-state index contributed by atoms with van der Waals surface area (Å²) in [6.45, 7) is 10.3. The van der Waals surface area contributed by atoms with E-state index in [-0.39, 0.29) is 5.91 Å². The second kappa shape index (κ2) is 10.4. The zero-order valence-corrected chi connectivity index (χ0v) is 22.4. The Morgan fingerprint density at radius 3 is 2.62 bits per heavy atom. The molecule has 0 N–H and O–H groups in total. The molecule has 0 radical (unpaired) electrons. The monoisotopic (exact) mass is 525 g/mol. The van der Waals surface area contributed by atoms with Crippen LogP contribution in [-0.2, 0) is 17.8 Å². The normalized spacial score (nSPS) is 15.9. The van der Waals surface area contributed by atoms with Crippen LogP contribution in [0.2, 0.25) is 0 Å².